The van der Waals surface area contributed by atoms with E-state index >= 15 is 0 Å². The Morgan fingerprint density at radius 1 is 0.891 bits per heavy atom. The second-order valence-electron chi connectivity index (χ2n) is 10.8. The second kappa shape index (κ2) is 16.0. The van der Waals surface area contributed by atoms with Crippen LogP contribution in [0, 0.1) is 0 Å². The summed E-state index contributed by atoms with van der Waals surface area (Å²) in [5.74, 6) is -0.722. The first-order valence-electron chi connectivity index (χ1n) is 14.8. The molecule has 4 aromatic carbocycles. The number of carbonyl (C=O) groups excluding carboxylic acids is 2. The van der Waals surface area contributed by atoms with Gasteiger partial charge in [0.1, 0.15) is 18.3 Å². The van der Waals surface area contributed by atoms with Gasteiger partial charge in [-0.15, -0.1) is 0 Å². The minimum atomic E-state index is -4.27. The molecule has 0 bridgehead atoms. The fourth-order valence-corrected chi connectivity index (χ4v) is 6.81. The molecule has 0 aliphatic rings. The third kappa shape index (κ3) is 8.60. The van der Waals surface area contributed by atoms with Crippen molar-refractivity contribution in [2.75, 3.05) is 18.0 Å². The number of ether oxygens (including phenoxy) is 1. The molecule has 8 nitrogen and oxygen atoms in total. The minimum Gasteiger partial charge on any atom is -0.495 e. The predicted octanol–water partition coefficient (Wildman–Crippen LogP) is 6.75. The summed E-state index contributed by atoms with van der Waals surface area (Å²) in [5.41, 5.74) is 1.55. The monoisotopic (exact) mass is 681 g/mol. The van der Waals surface area contributed by atoms with Gasteiger partial charge >= 0.3 is 0 Å². The summed E-state index contributed by atoms with van der Waals surface area (Å²) in [6.07, 6.45) is 0.859. The lowest BCUT2D eigenvalue weighted by Crippen LogP contribution is -2.54. The number of halogens is 2. The van der Waals surface area contributed by atoms with Crippen molar-refractivity contribution in [2.24, 2.45) is 0 Å². The average molecular weight is 683 g/mol. The lowest BCUT2D eigenvalue weighted by atomic mass is 10.0. The van der Waals surface area contributed by atoms with E-state index in [2.05, 4.69) is 5.32 Å². The van der Waals surface area contributed by atoms with Crippen molar-refractivity contribution in [1.29, 1.82) is 0 Å². The number of para-hydroxylation sites is 2. The van der Waals surface area contributed by atoms with E-state index in [0.717, 1.165) is 9.87 Å². The summed E-state index contributed by atoms with van der Waals surface area (Å²) in [6.45, 7) is 3.14. The number of sulfonamides is 1. The van der Waals surface area contributed by atoms with Crippen LogP contribution in [0.3, 0.4) is 0 Å². The Kier molecular flexibility index (Phi) is 12.1. The first-order chi connectivity index (χ1) is 22.0. The van der Waals surface area contributed by atoms with Gasteiger partial charge in [-0.25, -0.2) is 8.42 Å². The number of rotatable bonds is 14. The molecule has 0 spiro atoms. The van der Waals surface area contributed by atoms with Crippen LogP contribution in [0.2, 0.25) is 10.0 Å². The first kappa shape index (κ1) is 34.8. The number of nitrogens with one attached hydrogen (secondary N) is 1. The number of methoxy groups -OCH3 is 1. The molecule has 0 heterocycles. The summed E-state index contributed by atoms with van der Waals surface area (Å²) in [6, 6.07) is 27.5. The van der Waals surface area contributed by atoms with Crippen molar-refractivity contribution in [2.45, 2.75) is 50.2 Å². The summed E-state index contributed by atoms with van der Waals surface area (Å²) in [4.78, 5) is 30.0. The predicted molar refractivity (Wildman–Crippen MR) is 183 cm³/mol. The normalized spacial score (nSPS) is 12.5. The second-order valence-corrected chi connectivity index (χ2v) is 13.5. The van der Waals surface area contributed by atoms with Crippen LogP contribution in [0.25, 0.3) is 0 Å². The summed E-state index contributed by atoms with van der Waals surface area (Å²) >= 11 is 12.7. The Morgan fingerprint density at radius 3 is 2.15 bits per heavy atom. The fraction of sp³-hybridized carbons (Fsp3) is 0.257. The van der Waals surface area contributed by atoms with Crippen LogP contribution in [0.15, 0.2) is 108 Å². The van der Waals surface area contributed by atoms with Crippen molar-refractivity contribution in [3.05, 3.63) is 124 Å². The topological polar surface area (TPSA) is 96.0 Å². The Balaban J connectivity index is 1.85. The molecule has 0 saturated heterocycles. The maximum absolute atomic E-state index is 14.6. The zero-order valence-corrected chi connectivity index (χ0v) is 28.2. The lowest BCUT2D eigenvalue weighted by Gasteiger charge is -2.34. The molecule has 1 N–H and O–H groups in total. The first-order valence-corrected chi connectivity index (χ1v) is 17.0. The van der Waals surface area contributed by atoms with Crippen molar-refractivity contribution in [3.8, 4) is 5.75 Å². The molecule has 0 radical (unpaired) electrons. The van der Waals surface area contributed by atoms with Gasteiger partial charge in [0.2, 0.25) is 11.8 Å². The van der Waals surface area contributed by atoms with Gasteiger partial charge in [0, 0.05) is 29.1 Å². The molecule has 4 aromatic rings. The highest BCUT2D eigenvalue weighted by molar-refractivity contribution is 7.92. The summed E-state index contributed by atoms with van der Waals surface area (Å²) in [7, 11) is -2.84. The maximum Gasteiger partial charge on any atom is 0.264 e. The quantitative estimate of drug-likeness (QED) is 0.159. The van der Waals surface area contributed by atoms with E-state index in [0.29, 0.717) is 22.0 Å². The highest BCUT2D eigenvalue weighted by Gasteiger charge is 2.36. The maximum atomic E-state index is 14.6. The van der Waals surface area contributed by atoms with E-state index in [9.17, 15) is 18.0 Å². The Labute approximate surface area is 280 Å². The van der Waals surface area contributed by atoms with E-state index in [-0.39, 0.29) is 41.2 Å². The van der Waals surface area contributed by atoms with E-state index in [1.807, 2.05) is 44.2 Å². The molecular weight excluding hydrogens is 645 g/mol. The van der Waals surface area contributed by atoms with E-state index in [1.54, 1.807) is 60.7 Å². The third-order valence-electron chi connectivity index (χ3n) is 7.59. The molecule has 0 aliphatic carbocycles. The van der Waals surface area contributed by atoms with E-state index in [4.69, 9.17) is 27.9 Å². The van der Waals surface area contributed by atoms with Crippen molar-refractivity contribution < 1.29 is 22.7 Å². The Hall–Kier alpha value is -4.05. The molecular formula is C35H37Cl2N3O5S. The van der Waals surface area contributed by atoms with Crippen molar-refractivity contribution >= 4 is 50.7 Å². The molecule has 11 heteroatoms. The molecule has 4 rings (SSSR count). The van der Waals surface area contributed by atoms with Crippen LogP contribution in [0.1, 0.15) is 31.4 Å². The molecule has 0 fully saturated rings. The van der Waals surface area contributed by atoms with Gasteiger partial charge in [0.15, 0.2) is 0 Å². The molecule has 0 saturated carbocycles. The average Bonchev–Trinajstić information content (AvgIpc) is 3.06. The Bertz CT molecular complexity index is 1740. The molecule has 242 valence electrons. The SMILES string of the molecule is CC[C@H](C)NC(=O)[C@@H](Cc1ccccc1)N(Cc1ccc(Cl)cc1Cl)C(=O)CN(c1ccccc1OC)S(=O)(=O)c1ccccc1. The Morgan fingerprint density at radius 2 is 1.52 bits per heavy atom. The number of amides is 2. The molecule has 2 amide bonds. The van der Waals surface area contributed by atoms with Crippen LogP contribution < -0.4 is 14.4 Å². The molecule has 0 unspecified atom stereocenters. The van der Waals surface area contributed by atoms with Gasteiger partial charge in [0.05, 0.1) is 17.7 Å². The fourth-order valence-electron chi connectivity index (χ4n) is 4.90. The number of nitrogens with zero attached hydrogens (tertiary/aromatic N) is 2. The highest BCUT2D eigenvalue weighted by Crippen LogP contribution is 2.33. The smallest absolute Gasteiger partial charge is 0.264 e. The van der Waals surface area contributed by atoms with Gasteiger partial charge in [-0.2, -0.15) is 0 Å². The van der Waals surface area contributed by atoms with Gasteiger partial charge in [-0.05, 0) is 60.9 Å². The number of hydrogen-bond acceptors (Lipinski definition) is 5. The standard InChI is InChI=1S/C35H37Cl2N3O5S/c1-4-25(2)38-35(42)32(21-26-13-7-5-8-14-26)39(23-27-19-20-28(36)22-30(27)37)34(41)24-40(31-17-11-12-18-33(31)45-3)46(43,44)29-15-9-6-10-16-29/h5-20,22,25,32H,4,21,23-24H2,1-3H3,(H,38,42)/t25-,32+/m0/s1. The molecule has 0 aromatic heterocycles. The van der Waals surface area contributed by atoms with Crippen LogP contribution in [-0.4, -0.2) is 50.9 Å². The van der Waals surface area contributed by atoms with Crippen LogP contribution in [0.5, 0.6) is 5.75 Å². The van der Waals surface area contributed by atoms with Crippen molar-refractivity contribution in [3.63, 3.8) is 0 Å². The molecule has 46 heavy (non-hydrogen) atoms. The van der Waals surface area contributed by atoms with Gasteiger partial charge < -0.3 is 15.0 Å². The number of benzene rings is 4. The molecule has 0 aliphatic heterocycles. The number of anilines is 1. The number of hydrogen-bond donors (Lipinski definition) is 1. The minimum absolute atomic E-state index is 0.00338. The van der Waals surface area contributed by atoms with Gasteiger partial charge in [0.25, 0.3) is 10.0 Å². The highest BCUT2D eigenvalue weighted by atomic mass is 35.5. The summed E-state index contributed by atoms with van der Waals surface area (Å²) < 4.78 is 34.9. The van der Waals surface area contributed by atoms with Gasteiger partial charge in [-0.1, -0.05) is 96.9 Å². The largest absolute Gasteiger partial charge is 0.495 e. The zero-order valence-electron chi connectivity index (χ0n) is 25.9. The van der Waals surface area contributed by atoms with E-state index in [1.165, 1.54) is 24.1 Å². The van der Waals surface area contributed by atoms with Crippen LogP contribution >= 0.6 is 23.2 Å². The molecule has 2 atom stereocenters. The summed E-state index contributed by atoms with van der Waals surface area (Å²) in [5, 5.41) is 3.74. The van der Waals surface area contributed by atoms with Crippen LogP contribution in [-0.2, 0) is 32.6 Å². The lowest BCUT2D eigenvalue weighted by molar-refractivity contribution is -0.140. The zero-order chi connectivity index (χ0) is 33.3. The van der Waals surface area contributed by atoms with Crippen molar-refractivity contribution in [1.82, 2.24) is 10.2 Å². The van der Waals surface area contributed by atoms with Crippen LogP contribution in [0.4, 0.5) is 5.69 Å². The van der Waals surface area contributed by atoms with E-state index < -0.39 is 28.5 Å². The number of carbonyl (C=O) groups is 2. The van der Waals surface area contributed by atoms with Gasteiger partial charge in [-0.3, -0.25) is 13.9 Å². The third-order valence-corrected chi connectivity index (χ3v) is 9.95.